The van der Waals surface area contributed by atoms with Gasteiger partial charge in [-0.15, -0.1) is 0 Å². The summed E-state index contributed by atoms with van der Waals surface area (Å²) in [6.07, 6.45) is 15.9. The van der Waals surface area contributed by atoms with Gasteiger partial charge in [0.15, 0.2) is 0 Å². The molecule has 3 aliphatic rings. The van der Waals surface area contributed by atoms with E-state index >= 15 is 0 Å². The number of carbonyl (C=O) groups is 3. The molecule has 0 fully saturated rings. The average Bonchev–Trinajstić information content (AvgIpc) is 2.85. The third kappa shape index (κ3) is 8.36. The van der Waals surface area contributed by atoms with Crippen LogP contribution in [0.25, 0.3) is 0 Å². The smallest absolute Gasteiger partial charge is 0.328 e. The fourth-order valence-corrected chi connectivity index (χ4v) is 4.22. The molecule has 0 radical (unpaired) electrons. The molecule has 1 atom stereocenters. The Labute approximate surface area is 202 Å². The van der Waals surface area contributed by atoms with Crippen LogP contribution in [0, 0.1) is 0 Å². The second kappa shape index (κ2) is 13.6. The normalized spacial score (nSPS) is 21.3. The van der Waals surface area contributed by atoms with Crippen molar-refractivity contribution in [1.82, 2.24) is 10.2 Å². The van der Waals surface area contributed by atoms with Crippen LogP contribution in [-0.4, -0.2) is 42.4 Å². The van der Waals surface area contributed by atoms with Gasteiger partial charge in [-0.3, -0.25) is 9.59 Å². The quantitative estimate of drug-likeness (QED) is 0.485. The van der Waals surface area contributed by atoms with Crippen LogP contribution in [0.15, 0.2) is 48.3 Å². The highest BCUT2D eigenvalue weighted by Crippen LogP contribution is 2.18. The number of rotatable bonds is 1. The highest BCUT2D eigenvalue weighted by molar-refractivity contribution is 5.96. The molecule has 1 amide bonds. The standard InChI is InChI=1S/C27H36N2O5/c1-33-27(32)24-19-21-13-15-23(16-14-21)34-25(30)12-8-6-4-2-3-5-7-9-17-29-18-10-11-22(20-29)26(31)28-24/h10,13-16,18,20,24H,2-9,11-12,17,19H2,1H3,(H,28,31)/t24-/m0/s1. The molecule has 0 saturated carbocycles. The number of benzene rings is 1. The van der Waals surface area contributed by atoms with Crippen LogP contribution in [-0.2, 0) is 25.5 Å². The molecule has 4 bridgehead atoms. The minimum atomic E-state index is -0.812. The molecule has 3 heterocycles. The van der Waals surface area contributed by atoms with E-state index in [0.717, 1.165) is 44.2 Å². The minimum Gasteiger partial charge on any atom is -0.467 e. The predicted octanol–water partition coefficient (Wildman–Crippen LogP) is 4.42. The second-order valence-electron chi connectivity index (χ2n) is 8.93. The molecule has 7 heteroatoms. The lowest BCUT2D eigenvalue weighted by molar-refractivity contribution is -0.144. The van der Waals surface area contributed by atoms with Crippen LogP contribution in [0.3, 0.4) is 0 Å². The van der Waals surface area contributed by atoms with Crippen molar-refractivity contribution in [1.29, 1.82) is 0 Å². The van der Waals surface area contributed by atoms with Gasteiger partial charge in [0.05, 0.1) is 7.11 Å². The summed E-state index contributed by atoms with van der Waals surface area (Å²) in [6, 6.07) is 6.21. The van der Waals surface area contributed by atoms with E-state index < -0.39 is 12.0 Å². The number of amides is 1. The molecule has 34 heavy (non-hydrogen) atoms. The van der Waals surface area contributed by atoms with E-state index in [1.165, 1.54) is 26.4 Å². The van der Waals surface area contributed by atoms with Crippen molar-refractivity contribution in [2.24, 2.45) is 0 Å². The molecular weight excluding hydrogens is 432 g/mol. The van der Waals surface area contributed by atoms with Crippen LogP contribution >= 0.6 is 0 Å². The Morgan fingerprint density at radius 1 is 1.00 bits per heavy atom. The molecule has 0 aromatic heterocycles. The van der Waals surface area contributed by atoms with Crippen LogP contribution in [0.5, 0.6) is 5.75 Å². The lowest BCUT2D eigenvalue weighted by Gasteiger charge is -2.23. The van der Waals surface area contributed by atoms with Gasteiger partial charge in [0.25, 0.3) is 0 Å². The number of methoxy groups -OCH3 is 1. The van der Waals surface area contributed by atoms with Gasteiger partial charge in [-0.05, 0) is 43.2 Å². The Morgan fingerprint density at radius 2 is 1.68 bits per heavy atom. The zero-order valence-electron chi connectivity index (χ0n) is 20.1. The van der Waals surface area contributed by atoms with Crippen molar-refractivity contribution in [3.8, 4) is 5.75 Å². The molecule has 0 spiro atoms. The van der Waals surface area contributed by atoms with Gasteiger partial charge in [-0.25, -0.2) is 4.79 Å². The Balaban J connectivity index is 1.71. The summed E-state index contributed by atoms with van der Waals surface area (Å²) in [5.41, 5.74) is 1.45. The van der Waals surface area contributed by atoms with E-state index in [0.29, 0.717) is 24.2 Å². The molecule has 4 rings (SSSR count). The minimum absolute atomic E-state index is 0.228. The van der Waals surface area contributed by atoms with Crippen molar-refractivity contribution in [2.45, 2.75) is 76.7 Å². The largest absolute Gasteiger partial charge is 0.467 e. The molecule has 0 unspecified atom stereocenters. The molecule has 7 nitrogen and oxygen atoms in total. The fourth-order valence-electron chi connectivity index (χ4n) is 4.22. The average molecular weight is 469 g/mol. The number of hydrogen-bond acceptors (Lipinski definition) is 6. The van der Waals surface area contributed by atoms with Gasteiger partial charge in [0.2, 0.25) is 5.91 Å². The summed E-state index contributed by atoms with van der Waals surface area (Å²) in [5.74, 6) is -0.522. The summed E-state index contributed by atoms with van der Waals surface area (Å²) in [5, 5.41) is 2.83. The number of ether oxygens (including phenoxy) is 2. The number of esters is 2. The molecule has 1 aromatic carbocycles. The van der Waals surface area contributed by atoms with Crippen LogP contribution < -0.4 is 10.1 Å². The summed E-state index contributed by atoms with van der Waals surface area (Å²) in [6.45, 7) is 0.863. The lowest BCUT2D eigenvalue weighted by atomic mass is 10.0. The van der Waals surface area contributed by atoms with E-state index in [1.807, 2.05) is 18.5 Å². The van der Waals surface area contributed by atoms with E-state index in [4.69, 9.17) is 9.47 Å². The maximum absolute atomic E-state index is 12.9. The van der Waals surface area contributed by atoms with Gasteiger partial charge in [-0.1, -0.05) is 56.7 Å². The monoisotopic (exact) mass is 468 g/mol. The van der Waals surface area contributed by atoms with Crippen LogP contribution in [0.4, 0.5) is 0 Å². The Hall–Kier alpha value is -3.09. The molecule has 0 saturated heterocycles. The summed E-state index contributed by atoms with van der Waals surface area (Å²) in [7, 11) is 1.31. The van der Waals surface area contributed by atoms with Crippen LogP contribution in [0.2, 0.25) is 0 Å². The van der Waals surface area contributed by atoms with Gasteiger partial charge in [0.1, 0.15) is 11.8 Å². The first-order valence-electron chi connectivity index (χ1n) is 12.4. The van der Waals surface area contributed by atoms with Gasteiger partial charge in [-0.2, -0.15) is 0 Å². The van der Waals surface area contributed by atoms with E-state index in [9.17, 15) is 14.4 Å². The zero-order valence-corrected chi connectivity index (χ0v) is 20.1. The maximum atomic E-state index is 12.9. The Kier molecular flexibility index (Phi) is 10.2. The Morgan fingerprint density at radius 3 is 2.38 bits per heavy atom. The van der Waals surface area contributed by atoms with Crippen molar-refractivity contribution in [3.05, 3.63) is 53.9 Å². The third-order valence-corrected chi connectivity index (χ3v) is 6.18. The predicted molar refractivity (Wildman–Crippen MR) is 130 cm³/mol. The number of nitrogens with one attached hydrogen (secondary N) is 1. The number of fused-ring (bicyclic) bond motifs is 16. The van der Waals surface area contributed by atoms with Crippen molar-refractivity contribution in [2.75, 3.05) is 13.7 Å². The van der Waals surface area contributed by atoms with Gasteiger partial charge in [0, 0.05) is 31.2 Å². The molecular formula is C27H36N2O5. The van der Waals surface area contributed by atoms with Crippen molar-refractivity contribution >= 4 is 17.8 Å². The highest BCUT2D eigenvalue weighted by Gasteiger charge is 2.24. The summed E-state index contributed by atoms with van der Waals surface area (Å²) in [4.78, 5) is 39.5. The van der Waals surface area contributed by atoms with Crippen molar-refractivity contribution in [3.63, 3.8) is 0 Å². The molecule has 0 aliphatic carbocycles. The number of nitrogens with zero attached hydrogens (tertiary/aromatic N) is 1. The highest BCUT2D eigenvalue weighted by atomic mass is 16.5. The summed E-state index contributed by atoms with van der Waals surface area (Å²) >= 11 is 0. The van der Waals surface area contributed by atoms with Crippen molar-refractivity contribution < 1.29 is 23.9 Å². The Bertz CT molecular complexity index is 891. The lowest BCUT2D eigenvalue weighted by Crippen LogP contribution is -2.44. The van der Waals surface area contributed by atoms with E-state index in [-0.39, 0.29) is 18.3 Å². The van der Waals surface area contributed by atoms with Gasteiger partial charge >= 0.3 is 11.9 Å². The zero-order chi connectivity index (χ0) is 24.2. The third-order valence-electron chi connectivity index (χ3n) is 6.18. The molecule has 1 N–H and O–H groups in total. The number of carbonyl (C=O) groups excluding carboxylic acids is 3. The summed E-state index contributed by atoms with van der Waals surface area (Å²) < 4.78 is 10.4. The van der Waals surface area contributed by atoms with E-state index in [2.05, 4.69) is 10.2 Å². The first-order valence-corrected chi connectivity index (χ1v) is 12.4. The SMILES string of the molecule is COC(=O)[C@@H]1Cc2ccc(cc2)OC(=O)CCCCCCCCCCN2C=CCC(=C2)C(=O)N1. The van der Waals surface area contributed by atoms with E-state index in [1.54, 1.807) is 24.3 Å². The molecule has 1 aromatic rings. The van der Waals surface area contributed by atoms with Crippen LogP contribution in [0.1, 0.15) is 69.8 Å². The molecule has 184 valence electrons. The second-order valence-corrected chi connectivity index (χ2v) is 8.93. The topological polar surface area (TPSA) is 84.9 Å². The maximum Gasteiger partial charge on any atom is 0.328 e. The molecule has 3 aliphatic heterocycles. The first kappa shape index (κ1) is 25.5. The first-order chi connectivity index (χ1) is 16.5. The fraction of sp³-hybridized carbons (Fsp3) is 0.519. The van der Waals surface area contributed by atoms with Gasteiger partial charge < -0.3 is 19.7 Å². The number of hydrogen-bond donors (Lipinski definition) is 1. The number of allylic oxidation sites excluding steroid dienone is 1.